The van der Waals surface area contributed by atoms with Gasteiger partial charge in [0.25, 0.3) is 0 Å². The van der Waals surface area contributed by atoms with Gasteiger partial charge in [0, 0.05) is 0 Å². The van der Waals surface area contributed by atoms with Crippen molar-refractivity contribution in [1.82, 2.24) is 10.2 Å². The minimum absolute atomic E-state index is 0.0423. The van der Waals surface area contributed by atoms with Crippen LogP contribution in [-0.2, 0) is 16.1 Å². The topological polar surface area (TPSA) is 62.6 Å². The Kier molecular flexibility index (Phi) is 3.28. The number of nitrogens with zero attached hydrogens (tertiary/aromatic N) is 1. The van der Waals surface area contributed by atoms with Gasteiger partial charge >= 0.3 is 0 Å². The molecule has 2 aliphatic rings. The Labute approximate surface area is 118 Å². The third kappa shape index (κ3) is 2.11. The highest BCUT2D eigenvalue weighted by molar-refractivity contribution is 5.99. The van der Waals surface area contributed by atoms with Crippen LogP contribution in [0.3, 0.4) is 0 Å². The van der Waals surface area contributed by atoms with Crippen molar-refractivity contribution in [2.75, 3.05) is 0 Å². The third-order valence-corrected chi connectivity index (χ3v) is 4.49. The summed E-state index contributed by atoms with van der Waals surface area (Å²) >= 11 is 0. The summed E-state index contributed by atoms with van der Waals surface area (Å²) in [5, 5.41) is 2.98. The summed E-state index contributed by atoms with van der Waals surface area (Å²) in [7, 11) is 0. The first kappa shape index (κ1) is 13.2. The van der Waals surface area contributed by atoms with Crippen LogP contribution in [0.25, 0.3) is 0 Å². The monoisotopic (exact) mass is 276 g/mol. The molecule has 2 fully saturated rings. The van der Waals surface area contributed by atoms with Crippen molar-refractivity contribution in [2.24, 2.45) is 0 Å². The summed E-state index contributed by atoms with van der Waals surface area (Å²) in [4.78, 5) is 26.7. The van der Waals surface area contributed by atoms with Crippen LogP contribution >= 0.6 is 0 Å². The second-order valence-corrected chi connectivity index (χ2v) is 5.82. The zero-order valence-corrected chi connectivity index (χ0v) is 11.7. The molecule has 108 valence electrons. The van der Waals surface area contributed by atoms with E-state index in [9.17, 15) is 9.59 Å². The van der Waals surface area contributed by atoms with Gasteiger partial charge in [0.2, 0.25) is 11.8 Å². The molecular weight excluding hydrogens is 256 g/mol. The molecule has 1 unspecified atom stereocenters. The van der Waals surface area contributed by atoms with E-state index in [1.807, 2.05) is 6.07 Å². The fourth-order valence-electron chi connectivity index (χ4n) is 3.26. The Balaban J connectivity index is 1.86. The number of carbonyl (C=O) groups excluding carboxylic acids is 2. The first-order chi connectivity index (χ1) is 9.62. The Morgan fingerprint density at radius 2 is 2.10 bits per heavy atom. The SMILES string of the molecule is CC1C(=O)NC2(CCCCC2)C(=O)N1Cc1ccco1. The number of furan rings is 1. The lowest BCUT2D eigenvalue weighted by Gasteiger charge is -2.46. The van der Waals surface area contributed by atoms with Gasteiger partial charge < -0.3 is 14.6 Å². The highest BCUT2D eigenvalue weighted by Gasteiger charge is 2.49. The van der Waals surface area contributed by atoms with Crippen LogP contribution < -0.4 is 5.32 Å². The molecule has 2 amide bonds. The molecule has 1 N–H and O–H groups in total. The molecule has 1 aliphatic heterocycles. The van der Waals surface area contributed by atoms with Gasteiger partial charge in [0.15, 0.2) is 0 Å². The average Bonchev–Trinajstić information content (AvgIpc) is 2.96. The van der Waals surface area contributed by atoms with Gasteiger partial charge in [-0.05, 0) is 31.9 Å². The molecule has 3 rings (SSSR count). The maximum Gasteiger partial charge on any atom is 0.249 e. The normalized spacial score (nSPS) is 25.9. The van der Waals surface area contributed by atoms with Gasteiger partial charge in [-0.25, -0.2) is 0 Å². The summed E-state index contributed by atoms with van der Waals surface area (Å²) in [6.07, 6.45) is 6.21. The Morgan fingerprint density at radius 3 is 2.75 bits per heavy atom. The van der Waals surface area contributed by atoms with E-state index in [4.69, 9.17) is 4.42 Å². The van der Waals surface area contributed by atoms with E-state index in [2.05, 4.69) is 5.32 Å². The Hall–Kier alpha value is -1.78. The predicted molar refractivity (Wildman–Crippen MR) is 72.7 cm³/mol. The lowest BCUT2D eigenvalue weighted by molar-refractivity contribution is -0.157. The van der Waals surface area contributed by atoms with Crippen molar-refractivity contribution in [3.05, 3.63) is 24.2 Å². The smallest absolute Gasteiger partial charge is 0.249 e. The lowest BCUT2D eigenvalue weighted by atomic mass is 9.78. The van der Waals surface area contributed by atoms with Crippen LogP contribution in [-0.4, -0.2) is 28.3 Å². The molecular formula is C15H20N2O3. The van der Waals surface area contributed by atoms with Gasteiger partial charge in [-0.15, -0.1) is 0 Å². The fraction of sp³-hybridized carbons (Fsp3) is 0.600. The highest BCUT2D eigenvalue weighted by atomic mass is 16.3. The van der Waals surface area contributed by atoms with Crippen LogP contribution in [0.15, 0.2) is 22.8 Å². The largest absolute Gasteiger partial charge is 0.467 e. The molecule has 1 saturated heterocycles. The molecule has 1 aromatic rings. The first-order valence-electron chi connectivity index (χ1n) is 7.28. The molecule has 5 heteroatoms. The first-order valence-corrected chi connectivity index (χ1v) is 7.28. The van der Waals surface area contributed by atoms with Crippen molar-refractivity contribution in [1.29, 1.82) is 0 Å². The molecule has 0 bridgehead atoms. The maximum atomic E-state index is 12.9. The Morgan fingerprint density at radius 1 is 1.35 bits per heavy atom. The summed E-state index contributed by atoms with van der Waals surface area (Å²) in [6.45, 7) is 2.13. The number of nitrogens with one attached hydrogen (secondary N) is 1. The molecule has 1 saturated carbocycles. The minimum Gasteiger partial charge on any atom is -0.467 e. The van der Waals surface area contributed by atoms with E-state index in [1.54, 1.807) is 24.2 Å². The predicted octanol–water partition coefficient (Wildman–Crippen LogP) is 1.83. The van der Waals surface area contributed by atoms with E-state index in [1.165, 1.54) is 0 Å². The average molecular weight is 276 g/mol. The van der Waals surface area contributed by atoms with Crippen LogP contribution in [0.1, 0.15) is 44.8 Å². The molecule has 1 aromatic heterocycles. The quantitative estimate of drug-likeness (QED) is 0.896. The minimum atomic E-state index is -0.672. The number of piperazine rings is 1. The molecule has 1 atom stereocenters. The Bertz CT molecular complexity index is 503. The van der Waals surface area contributed by atoms with E-state index < -0.39 is 11.6 Å². The van der Waals surface area contributed by atoms with E-state index >= 15 is 0 Å². The third-order valence-electron chi connectivity index (χ3n) is 4.49. The van der Waals surface area contributed by atoms with Crippen LogP contribution in [0, 0.1) is 0 Å². The number of hydrogen-bond acceptors (Lipinski definition) is 3. The second kappa shape index (κ2) is 4.96. The van der Waals surface area contributed by atoms with Crippen LogP contribution in [0.2, 0.25) is 0 Å². The van der Waals surface area contributed by atoms with Crippen LogP contribution in [0.4, 0.5) is 0 Å². The number of amides is 2. The molecule has 0 aromatic carbocycles. The molecule has 2 heterocycles. The van der Waals surface area contributed by atoms with Crippen molar-refractivity contribution < 1.29 is 14.0 Å². The van der Waals surface area contributed by atoms with Gasteiger partial charge in [0.05, 0.1) is 12.8 Å². The van der Waals surface area contributed by atoms with Crippen molar-refractivity contribution >= 4 is 11.8 Å². The van der Waals surface area contributed by atoms with Crippen molar-refractivity contribution in [2.45, 2.75) is 57.2 Å². The van der Waals surface area contributed by atoms with Gasteiger partial charge in [0.1, 0.15) is 17.3 Å². The molecule has 1 spiro atoms. The number of rotatable bonds is 2. The van der Waals surface area contributed by atoms with Crippen LogP contribution in [0.5, 0.6) is 0 Å². The standard InChI is InChI=1S/C15H20N2O3/c1-11-13(18)16-15(7-3-2-4-8-15)14(19)17(11)10-12-6-5-9-20-12/h5-6,9,11H,2-4,7-8,10H2,1H3,(H,16,18). The summed E-state index contributed by atoms with van der Waals surface area (Å²) < 4.78 is 5.32. The molecule has 20 heavy (non-hydrogen) atoms. The van der Waals surface area contributed by atoms with E-state index in [0.717, 1.165) is 32.1 Å². The van der Waals surface area contributed by atoms with Gasteiger partial charge in [-0.1, -0.05) is 19.3 Å². The number of hydrogen-bond donors (Lipinski definition) is 1. The van der Waals surface area contributed by atoms with Crippen molar-refractivity contribution in [3.63, 3.8) is 0 Å². The molecule has 1 aliphatic carbocycles. The van der Waals surface area contributed by atoms with Crippen molar-refractivity contribution in [3.8, 4) is 0 Å². The molecule has 5 nitrogen and oxygen atoms in total. The van der Waals surface area contributed by atoms with E-state index in [0.29, 0.717) is 12.3 Å². The van der Waals surface area contributed by atoms with Gasteiger partial charge in [-0.3, -0.25) is 9.59 Å². The zero-order valence-electron chi connectivity index (χ0n) is 11.7. The summed E-state index contributed by atoms with van der Waals surface area (Å²) in [5.74, 6) is 0.699. The second-order valence-electron chi connectivity index (χ2n) is 5.82. The summed E-state index contributed by atoms with van der Waals surface area (Å²) in [5.41, 5.74) is -0.672. The summed E-state index contributed by atoms with van der Waals surface area (Å²) in [6, 6.07) is 3.19. The zero-order chi connectivity index (χ0) is 14.2. The highest BCUT2D eigenvalue weighted by Crippen LogP contribution is 2.33. The fourth-order valence-corrected chi connectivity index (χ4v) is 3.26. The molecule has 0 radical (unpaired) electrons. The maximum absolute atomic E-state index is 12.9. The van der Waals surface area contributed by atoms with Gasteiger partial charge in [-0.2, -0.15) is 0 Å². The van der Waals surface area contributed by atoms with E-state index in [-0.39, 0.29) is 11.8 Å². The number of carbonyl (C=O) groups is 2. The lowest BCUT2D eigenvalue weighted by Crippen LogP contribution is -2.69.